The van der Waals surface area contributed by atoms with E-state index in [1.807, 2.05) is 30.3 Å². The lowest BCUT2D eigenvalue weighted by Crippen LogP contribution is -2.23. The quantitative estimate of drug-likeness (QED) is 0.812. The first-order valence-electron chi connectivity index (χ1n) is 6.21. The molecule has 0 fully saturated rings. The van der Waals surface area contributed by atoms with Crippen LogP contribution in [0.25, 0.3) is 0 Å². The van der Waals surface area contributed by atoms with E-state index in [4.69, 9.17) is 5.26 Å². The van der Waals surface area contributed by atoms with Crippen LogP contribution in [0.3, 0.4) is 0 Å². The van der Waals surface area contributed by atoms with Crippen molar-refractivity contribution in [2.45, 2.75) is 13.0 Å². The molecule has 0 radical (unpaired) electrons. The first-order valence-corrected chi connectivity index (χ1v) is 6.21. The van der Waals surface area contributed by atoms with Gasteiger partial charge in [0.2, 0.25) is 0 Å². The molecule has 3 heteroatoms. The lowest BCUT2D eigenvalue weighted by atomic mass is 10.2. The van der Waals surface area contributed by atoms with Gasteiger partial charge in [0.25, 0.3) is 0 Å². The normalized spacial score (nSPS) is 9.89. The molecule has 2 aromatic rings. The van der Waals surface area contributed by atoms with Crippen LogP contribution >= 0.6 is 0 Å². The predicted octanol–water partition coefficient (Wildman–Crippen LogP) is 3.75. The minimum absolute atomic E-state index is 0.230. The van der Waals surface area contributed by atoms with E-state index in [9.17, 15) is 4.39 Å². The Kier molecular flexibility index (Phi) is 4.52. The molecule has 96 valence electrons. The highest BCUT2D eigenvalue weighted by molar-refractivity contribution is 5.46. The SMILES string of the molecule is N#CCCN(Cc1ccc(F)cc1)c1ccccc1. The van der Waals surface area contributed by atoms with Crippen molar-refractivity contribution < 1.29 is 4.39 Å². The molecule has 0 spiro atoms. The van der Waals surface area contributed by atoms with Crippen LogP contribution in [0.1, 0.15) is 12.0 Å². The summed E-state index contributed by atoms with van der Waals surface area (Å²) in [7, 11) is 0. The van der Waals surface area contributed by atoms with Crippen LogP contribution in [0.15, 0.2) is 54.6 Å². The van der Waals surface area contributed by atoms with Gasteiger partial charge in [0.15, 0.2) is 0 Å². The van der Waals surface area contributed by atoms with Crippen LogP contribution in [-0.4, -0.2) is 6.54 Å². The number of nitriles is 1. The zero-order valence-electron chi connectivity index (χ0n) is 10.6. The maximum atomic E-state index is 12.9. The number of rotatable bonds is 5. The fourth-order valence-corrected chi connectivity index (χ4v) is 1.93. The average molecular weight is 254 g/mol. The summed E-state index contributed by atoms with van der Waals surface area (Å²) < 4.78 is 12.9. The first kappa shape index (κ1) is 13.1. The lowest BCUT2D eigenvalue weighted by Gasteiger charge is -2.24. The first-order chi connectivity index (χ1) is 9.29. The molecule has 2 rings (SSSR count). The van der Waals surface area contributed by atoms with Gasteiger partial charge >= 0.3 is 0 Å². The summed E-state index contributed by atoms with van der Waals surface area (Å²) in [6.45, 7) is 1.34. The summed E-state index contributed by atoms with van der Waals surface area (Å²) in [6, 6.07) is 18.6. The van der Waals surface area contributed by atoms with Gasteiger partial charge in [0.1, 0.15) is 5.82 Å². The summed E-state index contributed by atoms with van der Waals surface area (Å²) in [5.41, 5.74) is 2.10. The summed E-state index contributed by atoms with van der Waals surface area (Å²) in [6.07, 6.45) is 0.468. The van der Waals surface area contributed by atoms with Crippen molar-refractivity contribution in [2.24, 2.45) is 0 Å². The smallest absolute Gasteiger partial charge is 0.123 e. The minimum atomic E-state index is -0.230. The second-order valence-corrected chi connectivity index (χ2v) is 4.29. The van der Waals surface area contributed by atoms with E-state index in [1.165, 1.54) is 12.1 Å². The maximum Gasteiger partial charge on any atom is 0.123 e. The Morgan fingerprint density at radius 3 is 2.32 bits per heavy atom. The summed E-state index contributed by atoms with van der Waals surface area (Å²) >= 11 is 0. The number of anilines is 1. The van der Waals surface area contributed by atoms with E-state index in [-0.39, 0.29) is 5.82 Å². The summed E-state index contributed by atoms with van der Waals surface area (Å²) in [5, 5.41) is 8.74. The molecule has 0 unspecified atom stereocenters. The molecule has 0 heterocycles. The van der Waals surface area contributed by atoms with Crippen molar-refractivity contribution in [3.63, 3.8) is 0 Å². The monoisotopic (exact) mass is 254 g/mol. The summed E-state index contributed by atoms with van der Waals surface area (Å²) in [4.78, 5) is 2.12. The Morgan fingerprint density at radius 1 is 1.00 bits per heavy atom. The molecule has 0 aliphatic carbocycles. The largest absolute Gasteiger partial charge is 0.366 e. The zero-order valence-corrected chi connectivity index (χ0v) is 10.6. The highest BCUT2D eigenvalue weighted by atomic mass is 19.1. The van der Waals surface area contributed by atoms with Gasteiger partial charge in [-0.05, 0) is 29.8 Å². The van der Waals surface area contributed by atoms with Crippen molar-refractivity contribution in [3.8, 4) is 6.07 Å². The van der Waals surface area contributed by atoms with E-state index in [1.54, 1.807) is 12.1 Å². The van der Waals surface area contributed by atoms with Gasteiger partial charge in [0.05, 0.1) is 12.5 Å². The molecular formula is C16H15FN2. The van der Waals surface area contributed by atoms with Crippen molar-refractivity contribution in [2.75, 3.05) is 11.4 Å². The van der Waals surface area contributed by atoms with Gasteiger partial charge in [-0.1, -0.05) is 30.3 Å². The molecule has 2 nitrogen and oxygen atoms in total. The molecule has 0 saturated heterocycles. The molecule has 0 saturated carbocycles. The van der Waals surface area contributed by atoms with Crippen molar-refractivity contribution >= 4 is 5.69 Å². The van der Waals surface area contributed by atoms with Crippen LogP contribution in [0, 0.1) is 17.1 Å². The Hall–Kier alpha value is -2.34. The number of hydrogen-bond acceptors (Lipinski definition) is 2. The second kappa shape index (κ2) is 6.55. The molecule has 2 aromatic carbocycles. The van der Waals surface area contributed by atoms with Crippen LogP contribution in [0.2, 0.25) is 0 Å². The summed E-state index contributed by atoms with van der Waals surface area (Å²) in [5.74, 6) is -0.230. The lowest BCUT2D eigenvalue weighted by molar-refractivity contribution is 0.626. The highest BCUT2D eigenvalue weighted by Gasteiger charge is 2.06. The average Bonchev–Trinajstić information content (AvgIpc) is 2.46. The number of hydrogen-bond donors (Lipinski definition) is 0. The second-order valence-electron chi connectivity index (χ2n) is 4.29. The topological polar surface area (TPSA) is 27.0 Å². The van der Waals surface area contributed by atoms with E-state index in [2.05, 4.69) is 11.0 Å². The van der Waals surface area contributed by atoms with Gasteiger partial charge in [-0.25, -0.2) is 4.39 Å². The van der Waals surface area contributed by atoms with Gasteiger partial charge < -0.3 is 4.90 Å². The standard InChI is InChI=1S/C16H15FN2/c17-15-9-7-14(8-10-15)13-19(12-4-11-18)16-5-2-1-3-6-16/h1-3,5-10H,4,12-13H2. The molecule has 0 amide bonds. The van der Waals surface area contributed by atoms with Crippen molar-refractivity contribution in [3.05, 3.63) is 66.0 Å². The Labute approximate surface area is 112 Å². The molecule has 0 aliphatic rings. The molecule has 19 heavy (non-hydrogen) atoms. The Balaban J connectivity index is 2.14. The minimum Gasteiger partial charge on any atom is -0.366 e. The van der Waals surface area contributed by atoms with E-state index in [0.29, 0.717) is 19.5 Å². The molecule has 0 N–H and O–H groups in total. The molecular weight excluding hydrogens is 239 g/mol. The fourth-order valence-electron chi connectivity index (χ4n) is 1.93. The molecule has 0 bridgehead atoms. The van der Waals surface area contributed by atoms with Crippen LogP contribution in [0.5, 0.6) is 0 Å². The number of benzene rings is 2. The molecule has 0 aromatic heterocycles. The zero-order chi connectivity index (χ0) is 13.5. The van der Waals surface area contributed by atoms with Gasteiger partial charge in [-0.2, -0.15) is 5.26 Å². The predicted molar refractivity (Wildman–Crippen MR) is 74.1 cm³/mol. The fraction of sp³-hybridized carbons (Fsp3) is 0.188. The number of para-hydroxylation sites is 1. The van der Waals surface area contributed by atoms with Crippen LogP contribution in [-0.2, 0) is 6.54 Å². The van der Waals surface area contributed by atoms with Gasteiger partial charge in [-0.15, -0.1) is 0 Å². The van der Waals surface area contributed by atoms with Gasteiger partial charge in [0, 0.05) is 18.8 Å². The van der Waals surface area contributed by atoms with Crippen LogP contribution in [0.4, 0.5) is 10.1 Å². The third kappa shape index (κ3) is 3.82. The maximum absolute atomic E-state index is 12.9. The highest BCUT2D eigenvalue weighted by Crippen LogP contribution is 2.17. The number of halogens is 1. The third-order valence-electron chi connectivity index (χ3n) is 2.90. The van der Waals surface area contributed by atoms with E-state index >= 15 is 0 Å². The van der Waals surface area contributed by atoms with Crippen molar-refractivity contribution in [1.29, 1.82) is 5.26 Å². The third-order valence-corrected chi connectivity index (χ3v) is 2.90. The van der Waals surface area contributed by atoms with Crippen LogP contribution < -0.4 is 4.90 Å². The van der Waals surface area contributed by atoms with E-state index in [0.717, 1.165) is 11.3 Å². The Morgan fingerprint density at radius 2 is 1.68 bits per heavy atom. The van der Waals surface area contributed by atoms with Gasteiger partial charge in [-0.3, -0.25) is 0 Å². The molecule has 0 aliphatic heterocycles. The van der Waals surface area contributed by atoms with E-state index < -0.39 is 0 Å². The number of nitrogens with zero attached hydrogens (tertiary/aromatic N) is 2. The van der Waals surface area contributed by atoms with Crippen molar-refractivity contribution in [1.82, 2.24) is 0 Å². The molecule has 0 atom stereocenters. The Bertz CT molecular complexity index is 543.